The molecular formula is C46H49N3O2. The Kier molecular flexibility index (Phi) is 7.37. The van der Waals surface area contributed by atoms with Crippen molar-refractivity contribution < 1.29 is 9.47 Å². The van der Waals surface area contributed by atoms with Crippen molar-refractivity contribution >= 4 is 27.7 Å². The fraction of sp³-hybridized carbons (Fsp3) is 0.348. The molecule has 260 valence electrons. The van der Waals surface area contributed by atoms with E-state index in [1.54, 1.807) is 0 Å². The molecule has 1 aliphatic carbocycles. The van der Waals surface area contributed by atoms with Gasteiger partial charge in [-0.05, 0) is 135 Å². The van der Waals surface area contributed by atoms with Gasteiger partial charge in [-0.25, -0.2) is 9.98 Å². The molecule has 51 heavy (non-hydrogen) atoms. The summed E-state index contributed by atoms with van der Waals surface area (Å²) in [4.78, 5) is 10.3. The van der Waals surface area contributed by atoms with E-state index in [0.29, 0.717) is 5.90 Å². The van der Waals surface area contributed by atoms with E-state index in [2.05, 4.69) is 154 Å². The number of aromatic nitrogens is 2. The molecule has 5 heteroatoms. The smallest absolute Gasteiger partial charge is 0.217 e. The summed E-state index contributed by atoms with van der Waals surface area (Å²) in [6, 6.07) is 26.3. The summed E-state index contributed by atoms with van der Waals surface area (Å²) < 4.78 is 15.9. The second-order valence-electron chi connectivity index (χ2n) is 17.1. The molecule has 0 fully saturated rings. The Labute approximate surface area is 302 Å². The monoisotopic (exact) mass is 675 g/mol. The lowest BCUT2D eigenvalue weighted by Crippen LogP contribution is -2.42. The highest BCUT2D eigenvalue weighted by Crippen LogP contribution is 2.54. The maximum absolute atomic E-state index is 6.89. The van der Waals surface area contributed by atoms with Gasteiger partial charge in [-0.2, -0.15) is 0 Å². The SMILES string of the molecule is Cc1cc(C)c2c(c1)[C@@H]1OC(c3cc(Oc4ccc5c6cc(C)ccc6n(-c6cc(C(C)(C)C)ccn6)c5c4)c(C)cc3C)=N[C@]1(C)CC2(C)C. The van der Waals surface area contributed by atoms with Gasteiger partial charge < -0.3 is 9.47 Å². The molecule has 2 aromatic heterocycles. The van der Waals surface area contributed by atoms with Gasteiger partial charge in [0.05, 0.1) is 11.0 Å². The Morgan fingerprint density at radius 2 is 1.55 bits per heavy atom. The highest BCUT2D eigenvalue weighted by molar-refractivity contribution is 6.09. The molecule has 0 amide bonds. The van der Waals surface area contributed by atoms with Crippen LogP contribution < -0.4 is 4.74 Å². The minimum atomic E-state index is -0.362. The van der Waals surface area contributed by atoms with Crippen molar-refractivity contribution in [1.29, 1.82) is 0 Å². The van der Waals surface area contributed by atoms with Crippen molar-refractivity contribution in [3.05, 3.63) is 129 Å². The number of fused-ring (bicyclic) bond motifs is 6. The number of nitrogens with zero attached hydrogens (tertiary/aromatic N) is 3. The first-order valence-electron chi connectivity index (χ1n) is 18.2. The maximum atomic E-state index is 6.89. The van der Waals surface area contributed by atoms with E-state index in [9.17, 15) is 0 Å². The van der Waals surface area contributed by atoms with Crippen LogP contribution in [0, 0.1) is 34.6 Å². The third-order valence-electron chi connectivity index (χ3n) is 11.1. The normalized spacial score (nSPS) is 19.5. The molecule has 0 radical (unpaired) electrons. The highest BCUT2D eigenvalue weighted by Gasteiger charge is 2.53. The van der Waals surface area contributed by atoms with Gasteiger partial charge in [-0.3, -0.25) is 4.57 Å². The molecule has 6 aromatic rings. The zero-order valence-electron chi connectivity index (χ0n) is 31.9. The summed E-state index contributed by atoms with van der Waals surface area (Å²) in [6.07, 6.45) is 2.71. The molecule has 3 heterocycles. The molecule has 0 spiro atoms. The molecule has 1 aliphatic heterocycles. The molecule has 0 saturated carbocycles. The fourth-order valence-electron chi connectivity index (χ4n) is 9.06. The van der Waals surface area contributed by atoms with E-state index in [0.717, 1.165) is 51.5 Å². The standard InChI is InChI=1S/C46H49N3O2/c1-26-12-15-37-35(19-26)33-14-13-32(23-38(33)49(37)40-22-31(16-17-47-40)44(6,7)8)50-39-24-34(28(3)21-29(39)4)43-48-46(11)25-45(9,10)41-30(5)18-27(2)20-36(41)42(46)51-43/h12-24,42H,25H2,1-11H3/t42-,46+/m0/s1. The van der Waals surface area contributed by atoms with E-state index in [1.807, 2.05) is 6.20 Å². The van der Waals surface area contributed by atoms with Crippen LogP contribution in [-0.4, -0.2) is 21.0 Å². The van der Waals surface area contributed by atoms with Gasteiger partial charge in [0.15, 0.2) is 6.10 Å². The van der Waals surface area contributed by atoms with Crippen LogP contribution in [0.3, 0.4) is 0 Å². The van der Waals surface area contributed by atoms with Crippen LogP contribution in [0.2, 0.25) is 0 Å². The first-order valence-corrected chi connectivity index (χ1v) is 18.2. The van der Waals surface area contributed by atoms with Gasteiger partial charge in [-0.15, -0.1) is 0 Å². The highest BCUT2D eigenvalue weighted by atomic mass is 16.5. The molecule has 0 saturated heterocycles. The van der Waals surface area contributed by atoms with E-state index in [-0.39, 0.29) is 22.5 Å². The van der Waals surface area contributed by atoms with Crippen molar-refractivity contribution in [3.63, 3.8) is 0 Å². The molecular weight excluding hydrogens is 627 g/mol. The minimum absolute atomic E-state index is 0.00198. The number of hydrogen-bond donors (Lipinski definition) is 0. The summed E-state index contributed by atoms with van der Waals surface area (Å²) in [5.41, 5.74) is 12.7. The van der Waals surface area contributed by atoms with E-state index in [4.69, 9.17) is 19.5 Å². The largest absolute Gasteiger partial charge is 0.467 e. The third kappa shape index (κ3) is 5.44. The predicted octanol–water partition coefficient (Wildman–Crippen LogP) is 11.8. The average Bonchev–Trinajstić information content (AvgIpc) is 3.54. The summed E-state index contributed by atoms with van der Waals surface area (Å²) >= 11 is 0. The average molecular weight is 676 g/mol. The lowest BCUT2D eigenvalue weighted by atomic mass is 9.63. The van der Waals surface area contributed by atoms with Gasteiger partial charge in [-0.1, -0.05) is 70.0 Å². The Hall–Kier alpha value is -4.90. The zero-order chi connectivity index (χ0) is 36.2. The second kappa shape index (κ2) is 11.3. The van der Waals surface area contributed by atoms with Crippen LogP contribution >= 0.6 is 0 Å². The number of benzene rings is 4. The van der Waals surface area contributed by atoms with Crippen LogP contribution in [0.1, 0.15) is 104 Å². The van der Waals surface area contributed by atoms with Gasteiger partial charge in [0, 0.05) is 28.6 Å². The minimum Gasteiger partial charge on any atom is -0.467 e. The quantitative estimate of drug-likeness (QED) is 0.187. The van der Waals surface area contributed by atoms with Gasteiger partial charge in [0.2, 0.25) is 5.90 Å². The van der Waals surface area contributed by atoms with E-state index >= 15 is 0 Å². The van der Waals surface area contributed by atoms with Gasteiger partial charge >= 0.3 is 0 Å². The van der Waals surface area contributed by atoms with Crippen molar-refractivity contribution in [1.82, 2.24) is 9.55 Å². The Morgan fingerprint density at radius 3 is 2.31 bits per heavy atom. The van der Waals surface area contributed by atoms with Crippen LogP contribution in [0.15, 0.2) is 84.0 Å². The Balaban J connectivity index is 1.20. The van der Waals surface area contributed by atoms with Gasteiger partial charge in [0.25, 0.3) is 0 Å². The Bertz CT molecular complexity index is 2440. The Morgan fingerprint density at radius 1 is 0.765 bits per heavy atom. The molecule has 0 bridgehead atoms. The summed E-state index contributed by atoms with van der Waals surface area (Å²) in [5.74, 6) is 3.16. The second-order valence-corrected chi connectivity index (χ2v) is 17.1. The first kappa shape index (κ1) is 33.3. The number of aryl methyl sites for hydroxylation is 5. The van der Waals surface area contributed by atoms with Crippen LogP contribution in [0.4, 0.5) is 0 Å². The summed E-state index contributed by atoms with van der Waals surface area (Å²) in [5, 5.41) is 2.37. The molecule has 0 N–H and O–H groups in total. The summed E-state index contributed by atoms with van der Waals surface area (Å²) in [6.45, 7) is 24.5. The maximum Gasteiger partial charge on any atom is 0.217 e. The topological polar surface area (TPSA) is 48.6 Å². The molecule has 5 nitrogen and oxygen atoms in total. The van der Waals surface area contributed by atoms with Crippen molar-refractivity contribution in [2.24, 2.45) is 4.99 Å². The van der Waals surface area contributed by atoms with Crippen molar-refractivity contribution in [2.45, 2.75) is 105 Å². The first-order chi connectivity index (χ1) is 24.0. The number of ether oxygens (including phenoxy) is 2. The molecule has 2 aliphatic rings. The molecule has 2 atom stereocenters. The zero-order valence-corrected chi connectivity index (χ0v) is 31.9. The predicted molar refractivity (Wildman–Crippen MR) is 210 cm³/mol. The molecule has 8 rings (SSSR count). The van der Waals surface area contributed by atoms with Crippen molar-refractivity contribution in [3.8, 4) is 17.3 Å². The number of hydrogen-bond acceptors (Lipinski definition) is 4. The number of aliphatic imine (C=N–C) groups is 1. The van der Waals surface area contributed by atoms with Gasteiger partial charge in [0.1, 0.15) is 22.9 Å². The van der Waals surface area contributed by atoms with Crippen molar-refractivity contribution in [2.75, 3.05) is 0 Å². The van der Waals surface area contributed by atoms with Crippen LogP contribution in [0.5, 0.6) is 11.5 Å². The van der Waals surface area contributed by atoms with Crippen LogP contribution in [-0.2, 0) is 15.6 Å². The van der Waals surface area contributed by atoms with E-state index < -0.39 is 0 Å². The lowest BCUT2D eigenvalue weighted by molar-refractivity contribution is 0.108. The third-order valence-corrected chi connectivity index (χ3v) is 11.1. The van der Waals surface area contributed by atoms with E-state index in [1.165, 1.54) is 44.2 Å². The number of pyridine rings is 1. The molecule has 0 unspecified atom stereocenters. The summed E-state index contributed by atoms with van der Waals surface area (Å²) in [7, 11) is 0. The van der Waals surface area contributed by atoms with Crippen LogP contribution in [0.25, 0.3) is 27.6 Å². The lowest BCUT2D eigenvalue weighted by Gasteiger charge is -2.44. The fourth-order valence-corrected chi connectivity index (χ4v) is 9.06. The number of rotatable bonds is 4. The molecule has 4 aromatic carbocycles.